The summed E-state index contributed by atoms with van der Waals surface area (Å²) < 4.78 is 10.3. The van der Waals surface area contributed by atoms with Crippen molar-refractivity contribution in [3.8, 4) is 0 Å². The first-order chi connectivity index (χ1) is 7.28. The lowest BCUT2D eigenvalue weighted by Crippen LogP contribution is -2.49. The highest BCUT2D eigenvalue weighted by Gasteiger charge is 2.29. The van der Waals surface area contributed by atoms with Gasteiger partial charge in [0.05, 0.1) is 12.1 Å². The summed E-state index contributed by atoms with van der Waals surface area (Å²) in [5.41, 5.74) is -0.535. The Morgan fingerprint density at radius 3 is 2.69 bits per heavy atom. The minimum Gasteiger partial charge on any atom is -0.444 e. The van der Waals surface area contributed by atoms with E-state index in [1.807, 2.05) is 6.92 Å². The fraction of sp³-hybridized carbons (Fsp3) is 0.818. The Bertz CT molecular complexity index is 282. The van der Waals surface area contributed by atoms with Crippen molar-refractivity contribution in [2.45, 2.75) is 51.9 Å². The second kappa shape index (κ2) is 4.82. The standard InChI is InChI=1S/C11H19NO4/c1-7-9(5-8(13)6-15-7)12-10(14)16-11(2,3)4/h7,9H,5-6H2,1-4H3,(H,12,14)/t7-,9+/m1/s1. The Labute approximate surface area is 95.5 Å². The minimum atomic E-state index is -0.535. The van der Waals surface area contributed by atoms with Crippen LogP contribution in [0.5, 0.6) is 0 Å². The molecule has 1 saturated heterocycles. The average Bonchev–Trinajstić information content (AvgIpc) is 2.08. The number of ether oxygens (including phenoxy) is 2. The summed E-state index contributed by atoms with van der Waals surface area (Å²) in [6, 6.07) is -0.295. The third kappa shape index (κ3) is 4.18. The quantitative estimate of drug-likeness (QED) is 0.735. The Kier molecular flexibility index (Phi) is 3.91. The highest BCUT2D eigenvalue weighted by molar-refractivity contribution is 5.81. The molecule has 0 radical (unpaired) electrons. The number of hydrogen-bond donors (Lipinski definition) is 1. The molecule has 2 atom stereocenters. The molecule has 1 fully saturated rings. The molecule has 0 aromatic heterocycles. The molecule has 1 rings (SSSR count). The van der Waals surface area contributed by atoms with E-state index in [0.29, 0.717) is 6.42 Å². The summed E-state index contributed by atoms with van der Waals surface area (Å²) in [5, 5.41) is 2.65. The van der Waals surface area contributed by atoms with Gasteiger partial charge in [-0.15, -0.1) is 0 Å². The summed E-state index contributed by atoms with van der Waals surface area (Å²) >= 11 is 0. The number of Topliss-reactive ketones (excluding diaryl/α,β-unsaturated/α-hetero) is 1. The number of rotatable bonds is 1. The Morgan fingerprint density at radius 1 is 1.50 bits per heavy atom. The molecule has 0 aromatic carbocycles. The van der Waals surface area contributed by atoms with E-state index in [9.17, 15) is 9.59 Å². The number of nitrogens with one attached hydrogen (secondary N) is 1. The SMILES string of the molecule is C[C@H]1OCC(=O)C[C@@H]1NC(=O)OC(C)(C)C. The summed E-state index contributed by atoms with van der Waals surface area (Å²) in [4.78, 5) is 22.6. The predicted molar refractivity (Wildman–Crippen MR) is 58.2 cm³/mol. The fourth-order valence-electron chi connectivity index (χ4n) is 1.44. The van der Waals surface area contributed by atoms with Gasteiger partial charge >= 0.3 is 6.09 Å². The van der Waals surface area contributed by atoms with E-state index in [-0.39, 0.29) is 24.5 Å². The molecular weight excluding hydrogens is 210 g/mol. The first-order valence-electron chi connectivity index (χ1n) is 5.41. The molecule has 1 aliphatic rings. The van der Waals surface area contributed by atoms with Crippen molar-refractivity contribution in [1.82, 2.24) is 5.32 Å². The molecule has 0 saturated carbocycles. The first kappa shape index (κ1) is 13.0. The molecule has 1 N–H and O–H groups in total. The zero-order chi connectivity index (χ0) is 12.3. The number of alkyl carbamates (subject to hydrolysis) is 1. The van der Waals surface area contributed by atoms with Crippen LogP contribution in [0.1, 0.15) is 34.1 Å². The molecule has 0 aliphatic carbocycles. The molecular formula is C11H19NO4. The van der Waals surface area contributed by atoms with E-state index in [0.717, 1.165) is 0 Å². The van der Waals surface area contributed by atoms with Crippen LogP contribution in [-0.2, 0) is 14.3 Å². The van der Waals surface area contributed by atoms with E-state index in [1.165, 1.54) is 0 Å². The Balaban J connectivity index is 2.46. The lowest BCUT2D eigenvalue weighted by atomic mass is 10.0. The van der Waals surface area contributed by atoms with Gasteiger partial charge in [0.25, 0.3) is 0 Å². The molecule has 16 heavy (non-hydrogen) atoms. The van der Waals surface area contributed by atoms with Crippen molar-refractivity contribution in [2.75, 3.05) is 6.61 Å². The van der Waals surface area contributed by atoms with Gasteiger partial charge in [0.15, 0.2) is 5.78 Å². The smallest absolute Gasteiger partial charge is 0.407 e. The molecule has 1 aliphatic heterocycles. The van der Waals surface area contributed by atoms with Gasteiger partial charge < -0.3 is 14.8 Å². The van der Waals surface area contributed by atoms with Crippen LogP contribution in [0.25, 0.3) is 0 Å². The monoisotopic (exact) mass is 229 g/mol. The van der Waals surface area contributed by atoms with Gasteiger partial charge in [-0.3, -0.25) is 4.79 Å². The Hall–Kier alpha value is -1.10. The van der Waals surface area contributed by atoms with Crippen LogP contribution in [0.15, 0.2) is 0 Å². The normalized spacial score (nSPS) is 26.4. The van der Waals surface area contributed by atoms with Crippen molar-refractivity contribution < 1.29 is 19.1 Å². The highest BCUT2D eigenvalue weighted by Crippen LogP contribution is 2.13. The topological polar surface area (TPSA) is 64.6 Å². The van der Waals surface area contributed by atoms with Crippen molar-refractivity contribution in [3.63, 3.8) is 0 Å². The van der Waals surface area contributed by atoms with Gasteiger partial charge in [-0.2, -0.15) is 0 Å². The lowest BCUT2D eigenvalue weighted by Gasteiger charge is -2.30. The van der Waals surface area contributed by atoms with Crippen LogP contribution < -0.4 is 5.32 Å². The van der Waals surface area contributed by atoms with E-state index in [2.05, 4.69) is 5.32 Å². The lowest BCUT2D eigenvalue weighted by molar-refractivity contribution is -0.132. The highest BCUT2D eigenvalue weighted by atomic mass is 16.6. The van der Waals surface area contributed by atoms with Gasteiger partial charge in [-0.1, -0.05) is 0 Å². The van der Waals surface area contributed by atoms with E-state index >= 15 is 0 Å². The van der Waals surface area contributed by atoms with Crippen LogP contribution in [0.2, 0.25) is 0 Å². The van der Waals surface area contributed by atoms with E-state index < -0.39 is 11.7 Å². The second-order valence-corrected chi connectivity index (χ2v) is 5.01. The molecule has 1 heterocycles. The largest absolute Gasteiger partial charge is 0.444 e. The van der Waals surface area contributed by atoms with Gasteiger partial charge in [0, 0.05) is 6.42 Å². The summed E-state index contributed by atoms with van der Waals surface area (Å²) in [6.45, 7) is 7.33. The minimum absolute atomic E-state index is 0.000779. The molecule has 0 aromatic rings. The molecule has 0 bridgehead atoms. The zero-order valence-corrected chi connectivity index (χ0v) is 10.2. The maximum atomic E-state index is 11.5. The van der Waals surface area contributed by atoms with Crippen LogP contribution in [0.3, 0.4) is 0 Å². The number of amides is 1. The fourth-order valence-corrected chi connectivity index (χ4v) is 1.44. The third-order valence-electron chi connectivity index (χ3n) is 2.22. The summed E-state index contributed by atoms with van der Waals surface area (Å²) in [5.74, 6) is -0.000779. The Morgan fingerprint density at radius 2 is 2.12 bits per heavy atom. The number of ketones is 1. The predicted octanol–water partition coefficient (Wildman–Crippen LogP) is 1.26. The second-order valence-electron chi connectivity index (χ2n) is 5.01. The zero-order valence-electron chi connectivity index (χ0n) is 10.2. The molecule has 0 unspecified atom stereocenters. The third-order valence-corrected chi connectivity index (χ3v) is 2.22. The maximum absolute atomic E-state index is 11.5. The van der Waals surface area contributed by atoms with Crippen molar-refractivity contribution in [3.05, 3.63) is 0 Å². The van der Waals surface area contributed by atoms with Crippen molar-refractivity contribution in [1.29, 1.82) is 0 Å². The van der Waals surface area contributed by atoms with Crippen molar-refractivity contribution in [2.24, 2.45) is 0 Å². The van der Waals surface area contributed by atoms with Gasteiger partial charge in [0.1, 0.15) is 12.2 Å². The number of carbonyl (C=O) groups is 2. The maximum Gasteiger partial charge on any atom is 0.407 e. The van der Waals surface area contributed by atoms with Gasteiger partial charge in [-0.05, 0) is 27.7 Å². The van der Waals surface area contributed by atoms with Crippen LogP contribution in [0, 0.1) is 0 Å². The van der Waals surface area contributed by atoms with E-state index in [4.69, 9.17) is 9.47 Å². The molecule has 5 heteroatoms. The van der Waals surface area contributed by atoms with Crippen molar-refractivity contribution >= 4 is 11.9 Å². The van der Waals surface area contributed by atoms with Crippen LogP contribution in [0.4, 0.5) is 4.79 Å². The first-order valence-corrected chi connectivity index (χ1v) is 5.41. The van der Waals surface area contributed by atoms with E-state index in [1.54, 1.807) is 20.8 Å². The molecule has 0 spiro atoms. The number of hydrogen-bond acceptors (Lipinski definition) is 4. The van der Waals surface area contributed by atoms with Gasteiger partial charge in [0.2, 0.25) is 0 Å². The summed E-state index contributed by atoms with van der Waals surface area (Å²) in [7, 11) is 0. The molecule has 92 valence electrons. The average molecular weight is 229 g/mol. The van der Waals surface area contributed by atoms with Crippen LogP contribution in [-0.4, -0.2) is 36.2 Å². The van der Waals surface area contributed by atoms with Crippen LogP contribution >= 0.6 is 0 Å². The number of carbonyl (C=O) groups excluding carboxylic acids is 2. The van der Waals surface area contributed by atoms with Gasteiger partial charge in [-0.25, -0.2) is 4.79 Å². The molecule has 5 nitrogen and oxygen atoms in total. The molecule has 1 amide bonds. The summed E-state index contributed by atoms with van der Waals surface area (Å²) in [6.07, 6.45) is -0.367.